The lowest BCUT2D eigenvalue weighted by Gasteiger charge is -2.06. The summed E-state index contributed by atoms with van der Waals surface area (Å²) in [5.74, 6) is -1.40. The van der Waals surface area contributed by atoms with Crippen molar-refractivity contribution in [3.8, 4) is 0 Å². The van der Waals surface area contributed by atoms with Crippen molar-refractivity contribution in [2.45, 2.75) is 18.4 Å². The summed E-state index contributed by atoms with van der Waals surface area (Å²) >= 11 is 4.69. The Kier molecular flexibility index (Phi) is 4.28. The SMILES string of the molecule is Cc1[nH]nc(C(=O)O)c1S(=O)(=O)NCc1sccc1Br. The van der Waals surface area contributed by atoms with Gasteiger partial charge in [0.15, 0.2) is 5.69 Å². The van der Waals surface area contributed by atoms with Gasteiger partial charge in [-0.05, 0) is 34.3 Å². The topological polar surface area (TPSA) is 112 Å². The Hall–Kier alpha value is -1.23. The number of rotatable bonds is 5. The van der Waals surface area contributed by atoms with E-state index in [1.165, 1.54) is 18.3 Å². The molecule has 0 amide bonds. The highest BCUT2D eigenvalue weighted by atomic mass is 79.9. The number of H-pyrrole nitrogens is 1. The molecule has 0 saturated heterocycles. The van der Waals surface area contributed by atoms with E-state index in [4.69, 9.17) is 5.11 Å². The number of carboxylic acids is 1. The van der Waals surface area contributed by atoms with Gasteiger partial charge >= 0.3 is 5.97 Å². The first-order valence-electron chi connectivity index (χ1n) is 5.32. The second kappa shape index (κ2) is 5.64. The lowest BCUT2D eigenvalue weighted by Crippen LogP contribution is -2.25. The van der Waals surface area contributed by atoms with E-state index < -0.39 is 21.7 Å². The van der Waals surface area contributed by atoms with Crippen LogP contribution >= 0.6 is 27.3 Å². The summed E-state index contributed by atoms with van der Waals surface area (Å²) in [6.07, 6.45) is 0. The van der Waals surface area contributed by atoms with Gasteiger partial charge in [0.25, 0.3) is 0 Å². The molecule has 2 heterocycles. The zero-order valence-electron chi connectivity index (χ0n) is 10.2. The largest absolute Gasteiger partial charge is 0.476 e. The van der Waals surface area contributed by atoms with E-state index in [1.807, 2.05) is 5.38 Å². The van der Waals surface area contributed by atoms with Crippen LogP contribution in [0.5, 0.6) is 0 Å². The number of halogens is 1. The first-order chi connectivity index (χ1) is 9.33. The van der Waals surface area contributed by atoms with Gasteiger partial charge in [0.1, 0.15) is 4.90 Å². The summed E-state index contributed by atoms with van der Waals surface area (Å²) in [7, 11) is -3.95. The number of nitrogens with zero attached hydrogens (tertiary/aromatic N) is 1. The molecule has 0 aliphatic carbocycles. The van der Waals surface area contributed by atoms with Gasteiger partial charge in [0.05, 0.1) is 5.69 Å². The number of nitrogens with one attached hydrogen (secondary N) is 2. The summed E-state index contributed by atoms with van der Waals surface area (Å²) in [6.45, 7) is 1.53. The van der Waals surface area contributed by atoms with Crippen LogP contribution < -0.4 is 4.72 Å². The third-order valence-electron chi connectivity index (χ3n) is 2.48. The van der Waals surface area contributed by atoms with Crippen LogP contribution in [0.4, 0.5) is 0 Å². The van der Waals surface area contributed by atoms with Crippen LogP contribution in [0.15, 0.2) is 20.8 Å². The number of sulfonamides is 1. The lowest BCUT2D eigenvalue weighted by molar-refractivity contribution is 0.0686. The van der Waals surface area contributed by atoms with E-state index in [9.17, 15) is 13.2 Å². The van der Waals surface area contributed by atoms with Crippen LogP contribution in [0.25, 0.3) is 0 Å². The van der Waals surface area contributed by atoms with Gasteiger partial charge < -0.3 is 5.11 Å². The van der Waals surface area contributed by atoms with Crippen molar-refractivity contribution in [1.82, 2.24) is 14.9 Å². The molecule has 108 valence electrons. The fourth-order valence-corrected chi connectivity index (χ4v) is 4.42. The Balaban J connectivity index is 2.29. The average Bonchev–Trinajstić information content (AvgIpc) is 2.93. The Morgan fingerprint density at radius 3 is 2.85 bits per heavy atom. The van der Waals surface area contributed by atoms with Crippen molar-refractivity contribution in [2.24, 2.45) is 0 Å². The van der Waals surface area contributed by atoms with Crippen molar-refractivity contribution in [3.63, 3.8) is 0 Å². The highest BCUT2D eigenvalue weighted by Gasteiger charge is 2.28. The maximum absolute atomic E-state index is 12.2. The molecule has 0 radical (unpaired) electrons. The Bertz CT molecular complexity index is 750. The number of hydrogen-bond donors (Lipinski definition) is 3. The van der Waals surface area contributed by atoms with Crippen molar-refractivity contribution in [3.05, 3.63) is 32.2 Å². The molecule has 0 aromatic carbocycles. The van der Waals surface area contributed by atoms with Crippen LogP contribution in [-0.4, -0.2) is 29.7 Å². The highest BCUT2D eigenvalue weighted by molar-refractivity contribution is 9.10. The second-order valence-corrected chi connectivity index (χ2v) is 7.41. The summed E-state index contributed by atoms with van der Waals surface area (Å²) in [5, 5.41) is 16.6. The number of aryl methyl sites for hydroxylation is 1. The average molecular weight is 380 g/mol. The van der Waals surface area contributed by atoms with Gasteiger partial charge in [-0.2, -0.15) is 5.10 Å². The van der Waals surface area contributed by atoms with E-state index in [1.54, 1.807) is 6.07 Å². The number of carboxylic acid groups (broad SMARTS) is 1. The van der Waals surface area contributed by atoms with Gasteiger partial charge in [-0.1, -0.05) is 0 Å². The normalized spacial score (nSPS) is 11.7. The molecule has 0 saturated carbocycles. The van der Waals surface area contributed by atoms with E-state index in [-0.39, 0.29) is 17.1 Å². The molecule has 2 aromatic rings. The fraction of sp³-hybridized carbons (Fsp3) is 0.200. The molecule has 2 rings (SSSR count). The third kappa shape index (κ3) is 2.92. The molecular weight excluding hydrogens is 370 g/mol. The molecule has 3 N–H and O–H groups in total. The molecule has 0 aliphatic rings. The van der Waals surface area contributed by atoms with Gasteiger partial charge in [0, 0.05) is 15.9 Å². The van der Waals surface area contributed by atoms with Crippen LogP contribution in [0.3, 0.4) is 0 Å². The van der Waals surface area contributed by atoms with Gasteiger partial charge in [-0.25, -0.2) is 17.9 Å². The van der Waals surface area contributed by atoms with Crippen molar-refractivity contribution in [1.29, 1.82) is 0 Å². The Morgan fingerprint density at radius 1 is 1.60 bits per heavy atom. The minimum absolute atomic E-state index is 0.0737. The fourth-order valence-electron chi connectivity index (χ4n) is 1.58. The molecule has 0 aliphatic heterocycles. The summed E-state index contributed by atoms with van der Waals surface area (Å²) in [5.41, 5.74) is -0.333. The van der Waals surface area contributed by atoms with E-state index >= 15 is 0 Å². The van der Waals surface area contributed by atoms with Gasteiger partial charge in [-0.15, -0.1) is 11.3 Å². The summed E-state index contributed by atoms with van der Waals surface area (Å²) < 4.78 is 27.6. The first kappa shape index (κ1) is 15.2. The molecular formula is C10H10BrN3O4S2. The Morgan fingerprint density at radius 2 is 2.30 bits per heavy atom. The summed E-state index contributed by atoms with van der Waals surface area (Å²) in [6, 6.07) is 1.81. The number of carbonyl (C=O) groups is 1. The molecule has 2 aromatic heterocycles. The van der Waals surface area contributed by atoms with E-state index in [0.29, 0.717) is 0 Å². The maximum atomic E-state index is 12.2. The molecule has 0 unspecified atom stereocenters. The Labute approximate surface area is 127 Å². The van der Waals surface area contributed by atoms with Crippen LogP contribution in [0, 0.1) is 6.92 Å². The predicted octanol–water partition coefficient (Wildman–Crippen LogP) is 1.72. The molecule has 7 nitrogen and oxygen atoms in total. The summed E-state index contributed by atoms with van der Waals surface area (Å²) in [4.78, 5) is 11.5. The molecule has 10 heteroatoms. The highest BCUT2D eigenvalue weighted by Crippen LogP contribution is 2.24. The molecule has 0 bridgehead atoms. The van der Waals surface area contributed by atoms with Crippen molar-refractivity contribution in [2.75, 3.05) is 0 Å². The van der Waals surface area contributed by atoms with Gasteiger partial charge in [-0.3, -0.25) is 5.10 Å². The molecule has 0 atom stereocenters. The number of thiophene rings is 1. The molecule has 0 spiro atoms. The second-order valence-electron chi connectivity index (χ2n) is 3.85. The third-order valence-corrected chi connectivity index (χ3v) is 5.96. The number of aromatic nitrogens is 2. The van der Waals surface area contributed by atoms with Crippen molar-refractivity contribution < 1.29 is 18.3 Å². The van der Waals surface area contributed by atoms with E-state index in [0.717, 1.165) is 9.35 Å². The number of hydrogen-bond acceptors (Lipinski definition) is 5. The van der Waals surface area contributed by atoms with Crippen LogP contribution in [0.1, 0.15) is 21.1 Å². The van der Waals surface area contributed by atoms with E-state index in [2.05, 4.69) is 30.8 Å². The van der Waals surface area contributed by atoms with Crippen molar-refractivity contribution >= 4 is 43.3 Å². The maximum Gasteiger partial charge on any atom is 0.357 e. The lowest BCUT2D eigenvalue weighted by atomic mass is 10.4. The standard InChI is InChI=1S/C10H10BrN3O4S2/c1-5-9(8(10(15)16)14-13-5)20(17,18)12-4-7-6(11)2-3-19-7/h2-3,12H,4H2,1H3,(H,13,14)(H,15,16). The van der Waals surface area contributed by atoms with Crippen LogP contribution in [-0.2, 0) is 16.6 Å². The smallest absolute Gasteiger partial charge is 0.357 e. The van der Waals surface area contributed by atoms with Crippen LogP contribution in [0.2, 0.25) is 0 Å². The zero-order valence-corrected chi connectivity index (χ0v) is 13.4. The predicted molar refractivity (Wildman–Crippen MR) is 76.3 cm³/mol. The minimum Gasteiger partial charge on any atom is -0.476 e. The number of aromatic amines is 1. The monoisotopic (exact) mass is 379 g/mol. The zero-order chi connectivity index (χ0) is 14.9. The van der Waals surface area contributed by atoms with Gasteiger partial charge in [0.2, 0.25) is 10.0 Å². The molecule has 0 fully saturated rings. The quantitative estimate of drug-likeness (QED) is 0.731. The number of aromatic carboxylic acids is 1. The minimum atomic E-state index is -3.95. The first-order valence-corrected chi connectivity index (χ1v) is 8.48. The molecule has 20 heavy (non-hydrogen) atoms.